The number of aliphatic hydroxyl groups is 1. The third-order valence-corrected chi connectivity index (χ3v) is 7.29. The number of aromatic nitrogens is 5. The maximum absolute atomic E-state index is 14.9. The molecule has 0 radical (unpaired) electrons. The van der Waals surface area contributed by atoms with Crippen molar-refractivity contribution in [3.8, 4) is 17.0 Å². The van der Waals surface area contributed by atoms with E-state index in [1.807, 2.05) is 13.8 Å². The molecule has 222 valence electrons. The molecule has 0 saturated heterocycles. The van der Waals surface area contributed by atoms with Crippen LogP contribution >= 0.6 is 0 Å². The van der Waals surface area contributed by atoms with Crippen molar-refractivity contribution in [3.05, 3.63) is 71.4 Å². The molecule has 0 bridgehead atoms. The van der Waals surface area contributed by atoms with Gasteiger partial charge in [-0.2, -0.15) is 13.2 Å². The van der Waals surface area contributed by atoms with Crippen LogP contribution in [0.15, 0.2) is 47.4 Å². The van der Waals surface area contributed by atoms with Crippen LogP contribution in [0, 0.1) is 5.82 Å². The molecule has 42 heavy (non-hydrogen) atoms. The maximum atomic E-state index is 14.9. The summed E-state index contributed by atoms with van der Waals surface area (Å²) in [4.78, 5) is 21.2. The van der Waals surface area contributed by atoms with Crippen LogP contribution in [0.25, 0.3) is 11.1 Å². The van der Waals surface area contributed by atoms with Crippen LogP contribution in [-0.4, -0.2) is 55.8 Å². The Morgan fingerprint density at radius 3 is 2.45 bits per heavy atom. The number of rotatable bonds is 10. The number of anilines is 1. The summed E-state index contributed by atoms with van der Waals surface area (Å²) in [6.45, 7) is 3.56. The Morgan fingerprint density at radius 1 is 1.14 bits per heavy atom. The Balaban J connectivity index is 1.22. The average molecular weight is 589 g/mol. The van der Waals surface area contributed by atoms with Crippen molar-refractivity contribution < 1.29 is 36.7 Å². The predicted molar refractivity (Wildman–Crippen MR) is 141 cm³/mol. The number of nitrogens with one attached hydrogen (secondary N) is 1. The topological polar surface area (TPSA) is 128 Å². The number of nitrogens with zero attached hydrogens (tertiary/aromatic N) is 5. The molecule has 3 heterocycles. The van der Waals surface area contributed by atoms with E-state index < -0.39 is 28.9 Å². The van der Waals surface area contributed by atoms with Gasteiger partial charge >= 0.3 is 6.18 Å². The normalized spacial score (nSPS) is 14.6. The fraction of sp³-hybridized carbons (Fsp3) is 0.393. The lowest BCUT2D eigenvalue weighted by Gasteiger charge is -2.21. The van der Waals surface area contributed by atoms with Crippen LogP contribution in [0.2, 0.25) is 0 Å². The molecule has 1 aromatic carbocycles. The third-order valence-electron chi connectivity index (χ3n) is 7.29. The molecule has 0 aliphatic heterocycles. The zero-order valence-corrected chi connectivity index (χ0v) is 23.0. The molecule has 0 spiro atoms. The Morgan fingerprint density at radius 2 is 1.86 bits per heavy atom. The standard InChI is InChI=1S/C28H28F4N6O4/c1-26(2,15-39)38-14-18(25(36-38)41-3)9-22-33-12-19(13-34-22)16-4-5-17(20(29)8-16)10-24(40)35-23-11-21(42-37-23)27(6-7-27)28(30,31)32/h4-5,8,11-14,39H,6-7,9-10,15H2,1-3H3,(H,35,37,40). The highest BCUT2D eigenvalue weighted by atomic mass is 19.4. The molecule has 0 unspecified atom stereocenters. The Kier molecular flexibility index (Phi) is 7.51. The van der Waals surface area contributed by atoms with Crippen molar-refractivity contribution in [2.24, 2.45) is 0 Å². The fourth-order valence-electron chi connectivity index (χ4n) is 4.42. The van der Waals surface area contributed by atoms with E-state index in [0.717, 1.165) is 11.6 Å². The first-order valence-electron chi connectivity index (χ1n) is 13.0. The van der Waals surface area contributed by atoms with Crippen molar-refractivity contribution >= 4 is 11.7 Å². The van der Waals surface area contributed by atoms with Crippen molar-refractivity contribution in [2.45, 2.75) is 56.7 Å². The monoisotopic (exact) mass is 588 g/mol. The van der Waals surface area contributed by atoms with Crippen molar-refractivity contribution in [3.63, 3.8) is 0 Å². The lowest BCUT2D eigenvalue weighted by Crippen LogP contribution is -2.30. The maximum Gasteiger partial charge on any atom is 0.401 e. The highest BCUT2D eigenvalue weighted by Crippen LogP contribution is 2.59. The van der Waals surface area contributed by atoms with E-state index in [2.05, 4.69) is 25.5 Å². The molecular weight excluding hydrogens is 560 g/mol. The summed E-state index contributed by atoms with van der Waals surface area (Å²) in [5, 5.41) is 19.9. The lowest BCUT2D eigenvalue weighted by molar-refractivity contribution is -0.165. The van der Waals surface area contributed by atoms with Crippen LogP contribution in [0.5, 0.6) is 5.88 Å². The van der Waals surface area contributed by atoms with Crippen LogP contribution in [-0.2, 0) is 28.6 Å². The molecule has 4 aromatic rings. The van der Waals surface area contributed by atoms with Gasteiger partial charge in [-0.3, -0.25) is 9.48 Å². The lowest BCUT2D eigenvalue weighted by atomic mass is 10.0. The van der Waals surface area contributed by atoms with Gasteiger partial charge in [-0.05, 0) is 43.9 Å². The number of hydrogen-bond donors (Lipinski definition) is 2. The molecule has 3 aromatic heterocycles. The van der Waals surface area contributed by atoms with Gasteiger partial charge in [0.2, 0.25) is 11.8 Å². The highest BCUT2D eigenvalue weighted by molar-refractivity contribution is 5.91. The summed E-state index contributed by atoms with van der Waals surface area (Å²) in [6.07, 6.45) is 0.142. The molecule has 1 fully saturated rings. The molecule has 5 rings (SSSR count). The van der Waals surface area contributed by atoms with Crippen LogP contribution in [0.4, 0.5) is 23.4 Å². The zero-order chi connectivity index (χ0) is 30.3. The van der Waals surface area contributed by atoms with Crippen LogP contribution in [0.3, 0.4) is 0 Å². The molecular formula is C28H28F4N6O4. The molecule has 14 heteroatoms. The largest absolute Gasteiger partial charge is 0.480 e. The summed E-state index contributed by atoms with van der Waals surface area (Å²) in [6, 6.07) is 5.36. The molecule has 2 N–H and O–H groups in total. The van der Waals surface area contributed by atoms with Crippen molar-refractivity contribution in [2.75, 3.05) is 19.0 Å². The Bertz CT molecular complexity index is 1590. The van der Waals surface area contributed by atoms with Crippen molar-refractivity contribution in [1.82, 2.24) is 24.9 Å². The van der Waals surface area contributed by atoms with E-state index in [9.17, 15) is 27.5 Å². The van der Waals surface area contributed by atoms with E-state index in [4.69, 9.17) is 9.26 Å². The first-order chi connectivity index (χ1) is 19.8. The molecule has 1 aliphatic carbocycles. The summed E-state index contributed by atoms with van der Waals surface area (Å²) in [5.41, 5.74) is -0.826. The minimum atomic E-state index is -4.47. The SMILES string of the molecule is COc1nn(C(C)(C)CO)cc1Cc1ncc(-c2ccc(CC(=O)Nc3cc(C4(C(F)(F)F)CC4)on3)c(F)c2)cn1. The van der Waals surface area contributed by atoms with E-state index in [1.165, 1.54) is 19.2 Å². The minimum absolute atomic E-state index is 0.0846. The number of aliphatic hydroxyl groups excluding tert-OH is 1. The van der Waals surface area contributed by atoms with Crippen LogP contribution in [0.1, 0.15) is 49.4 Å². The van der Waals surface area contributed by atoms with Crippen molar-refractivity contribution in [1.29, 1.82) is 0 Å². The number of halogens is 4. The first-order valence-corrected chi connectivity index (χ1v) is 13.0. The first kappa shape index (κ1) is 29.2. The zero-order valence-electron chi connectivity index (χ0n) is 23.0. The third kappa shape index (κ3) is 5.71. The van der Waals surface area contributed by atoms with Gasteiger partial charge in [0.25, 0.3) is 0 Å². The van der Waals surface area contributed by atoms with E-state index in [1.54, 1.807) is 29.3 Å². The van der Waals surface area contributed by atoms with E-state index in [0.29, 0.717) is 29.3 Å². The second-order valence-corrected chi connectivity index (χ2v) is 10.8. The summed E-state index contributed by atoms with van der Waals surface area (Å²) in [5.74, 6) is -0.956. The molecule has 1 amide bonds. The van der Waals surface area contributed by atoms with Crippen LogP contribution < -0.4 is 10.1 Å². The predicted octanol–water partition coefficient (Wildman–Crippen LogP) is 4.57. The second kappa shape index (κ2) is 10.8. The van der Waals surface area contributed by atoms with E-state index >= 15 is 0 Å². The number of amides is 1. The smallest absolute Gasteiger partial charge is 0.401 e. The quantitative estimate of drug-likeness (QED) is 0.258. The number of ether oxygens (including phenoxy) is 1. The van der Waals surface area contributed by atoms with Gasteiger partial charge in [-0.15, -0.1) is 5.10 Å². The number of methoxy groups -OCH3 is 1. The molecule has 1 saturated carbocycles. The molecule has 10 nitrogen and oxygen atoms in total. The molecule has 1 aliphatic rings. The number of alkyl halides is 3. The highest BCUT2D eigenvalue weighted by Gasteiger charge is 2.66. The van der Waals surface area contributed by atoms with Gasteiger partial charge in [-0.1, -0.05) is 17.3 Å². The number of hydrogen-bond acceptors (Lipinski definition) is 8. The molecule has 0 atom stereocenters. The van der Waals surface area contributed by atoms with Gasteiger partial charge in [0.1, 0.15) is 17.1 Å². The van der Waals surface area contributed by atoms with E-state index in [-0.39, 0.29) is 43.0 Å². The number of carbonyl (C=O) groups is 1. The average Bonchev–Trinajstić information content (AvgIpc) is 3.48. The van der Waals surface area contributed by atoms with Gasteiger partial charge < -0.3 is 19.7 Å². The van der Waals surface area contributed by atoms with Gasteiger partial charge in [0.15, 0.2) is 11.6 Å². The number of carbonyl (C=O) groups excluding carboxylic acids is 1. The second-order valence-electron chi connectivity index (χ2n) is 10.8. The summed E-state index contributed by atoms with van der Waals surface area (Å²) < 4.78 is 66.6. The van der Waals surface area contributed by atoms with Gasteiger partial charge in [0, 0.05) is 42.2 Å². The number of benzene rings is 1. The summed E-state index contributed by atoms with van der Waals surface area (Å²) >= 11 is 0. The fourth-order valence-corrected chi connectivity index (χ4v) is 4.42. The Hall–Kier alpha value is -4.33. The van der Waals surface area contributed by atoms with Gasteiger partial charge in [0.05, 0.1) is 25.7 Å². The summed E-state index contributed by atoms with van der Waals surface area (Å²) in [7, 11) is 1.50. The minimum Gasteiger partial charge on any atom is -0.480 e. The van der Waals surface area contributed by atoms with Gasteiger partial charge in [-0.25, -0.2) is 14.4 Å². The Labute approximate surface area is 237 Å².